The second-order valence-electron chi connectivity index (χ2n) is 4.94. The first-order chi connectivity index (χ1) is 8.22. The Balaban J connectivity index is 1.94. The maximum absolute atomic E-state index is 9.49. The molecule has 94 valence electrons. The molecule has 2 rings (SSSR count). The Morgan fingerprint density at radius 1 is 1.47 bits per heavy atom. The van der Waals surface area contributed by atoms with Crippen LogP contribution >= 0.6 is 0 Å². The number of aliphatic hydroxyl groups is 1. The van der Waals surface area contributed by atoms with Crippen molar-refractivity contribution >= 4 is 0 Å². The summed E-state index contributed by atoms with van der Waals surface area (Å²) in [4.78, 5) is 6.14. The van der Waals surface area contributed by atoms with Gasteiger partial charge in [0.25, 0.3) is 0 Å². The summed E-state index contributed by atoms with van der Waals surface area (Å²) < 4.78 is 0. The molecule has 2 unspecified atom stereocenters. The Hall–Kier alpha value is -0.970. The van der Waals surface area contributed by atoms with Crippen LogP contribution in [0.25, 0.3) is 0 Å². The predicted molar refractivity (Wildman–Crippen MR) is 67.3 cm³/mol. The number of likely N-dealkylation sites (N-methyl/N-ethyl adjacent to an activating group) is 1. The lowest BCUT2D eigenvalue weighted by molar-refractivity contribution is 0.115. The summed E-state index contributed by atoms with van der Waals surface area (Å²) in [5.41, 5.74) is 7.37. The van der Waals surface area contributed by atoms with E-state index in [-0.39, 0.29) is 18.7 Å². The second-order valence-corrected chi connectivity index (χ2v) is 4.94. The van der Waals surface area contributed by atoms with Gasteiger partial charge >= 0.3 is 0 Å². The van der Waals surface area contributed by atoms with E-state index < -0.39 is 0 Å². The molecule has 3 N–H and O–H groups in total. The Morgan fingerprint density at radius 3 is 2.65 bits per heavy atom. The first-order valence-electron chi connectivity index (χ1n) is 6.18. The third kappa shape index (κ3) is 3.25. The number of aromatic nitrogens is 1. The van der Waals surface area contributed by atoms with Gasteiger partial charge in [-0.25, -0.2) is 0 Å². The molecule has 1 aliphatic rings. The van der Waals surface area contributed by atoms with Crippen molar-refractivity contribution in [2.45, 2.75) is 31.5 Å². The maximum atomic E-state index is 9.49. The minimum absolute atomic E-state index is 0.0515. The lowest BCUT2D eigenvalue weighted by atomic mass is 10.0. The van der Waals surface area contributed by atoms with Crippen LogP contribution in [-0.4, -0.2) is 40.7 Å². The molecular weight excluding hydrogens is 214 g/mol. The standard InChI is InChI=1S/C13H21N3O/c1-16(8-10-4-6-15-7-5-10)12(9-17)13(14)11-2-3-11/h4-7,11-13,17H,2-3,8-9,14H2,1H3. The van der Waals surface area contributed by atoms with Crippen LogP contribution in [0, 0.1) is 5.92 Å². The molecule has 17 heavy (non-hydrogen) atoms. The quantitative estimate of drug-likeness (QED) is 0.758. The second kappa shape index (κ2) is 5.58. The molecule has 0 radical (unpaired) electrons. The van der Waals surface area contributed by atoms with Crippen LogP contribution in [0.5, 0.6) is 0 Å². The average molecular weight is 235 g/mol. The van der Waals surface area contributed by atoms with E-state index in [1.165, 1.54) is 18.4 Å². The molecule has 1 aromatic rings. The van der Waals surface area contributed by atoms with Crippen molar-refractivity contribution in [3.05, 3.63) is 30.1 Å². The Bertz CT molecular complexity index is 340. The van der Waals surface area contributed by atoms with Crippen LogP contribution in [0.2, 0.25) is 0 Å². The van der Waals surface area contributed by atoms with Gasteiger partial charge in [-0.15, -0.1) is 0 Å². The van der Waals surface area contributed by atoms with E-state index in [4.69, 9.17) is 5.73 Å². The minimum atomic E-state index is 0.0515. The summed E-state index contributed by atoms with van der Waals surface area (Å²) in [5, 5.41) is 9.49. The zero-order valence-electron chi connectivity index (χ0n) is 10.3. The Labute approximate surface area is 102 Å². The normalized spacial score (nSPS) is 19.3. The lowest BCUT2D eigenvalue weighted by Crippen LogP contribution is -2.49. The smallest absolute Gasteiger partial charge is 0.0602 e. The number of pyridine rings is 1. The largest absolute Gasteiger partial charge is 0.395 e. The van der Waals surface area contributed by atoms with E-state index in [0.717, 1.165) is 6.54 Å². The average Bonchev–Trinajstić information content (AvgIpc) is 3.15. The molecule has 1 aliphatic carbocycles. The number of hydrogen-bond donors (Lipinski definition) is 2. The third-order valence-electron chi connectivity index (χ3n) is 3.55. The van der Waals surface area contributed by atoms with Gasteiger partial charge in [0.2, 0.25) is 0 Å². The molecule has 0 aromatic carbocycles. The summed E-state index contributed by atoms with van der Waals surface area (Å²) in [5.74, 6) is 0.604. The van der Waals surface area contributed by atoms with Crippen LogP contribution in [0.4, 0.5) is 0 Å². The Morgan fingerprint density at radius 2 is 2.12 bits per heavy atom. The van der Waals surface area contributed by atoms with Gasteiger partial charge in [-0.2, -0.15) is 0 Å². The molecule has 1 saturated carbocycles. The highest BCUT2D eigenvalue weighted by atomic mass is 16.3. The van der Waals surface area contributed by atoms with Crippen LogP contribution < -0.4 is 5.73 Å². The zero-order valence-corrected chi connectivity index (χ0v) is 10.3. The monoisotopic (exact) mass is 235 g/mol. The van der Waals surface area contributed by atoms with E-state index in [0.29, 0.717) is 5.92 Å². The van der Waals surface area contributed by atoms with Crippen molar-refractivity contribution < 1.29 is 5.11 Å². The molecule has 1 aromatic heterocycles. The van der Waals surface area contributed by atoms with E-state index in [2.05, 4.69) is 9.88 Å². The molecule has 0 bridgehead atoms. The van der Waals surface area contributed by atoms with Gasteiger partial charge in [-0.1, -0.05) is 0 Å². The van der Waals surface area contributed by atoms with Crippen LogP contribution in [-0.2, 0) is 6.54 Å². The maximum Gasteiger partial charge on any atom is 0.0602 e. The van der Waals surface area contributed by atoms with Crippen LogP contribution in [0.15, 0.2) is 24.5 Å². The molecule has 4 nitrogen and oxygen atoms in total. The van der Waals surface area contributed by atoms with Crippen molar-refractivity contribution in [3.63, 3.8) is 0 Å². The molecule has 1 fully saturated rings. The topological polar surface area (TPSA) is 62.4 Å². The molecule has 2 atom stereocenters. The number of rotatable bonds is 6. The molecule has 0 aliphatic heterocycles. The number of nitrogens with zero attached hydrogens (tertiary/aromatic N) is 2. The Kier molecular flexibility index (Phi) is 4.10. The molecule has 0 saturated heterocycles. The number of nitrogens with two attached hydrogens (primary N) is 1. The summed E-state index contributed by atoms with van der Waals surface area (Å²) in [7, 11) is 2.02. The van der Waals surface area contributed by atoms with Crippen LogP contribution in [0.3, 0.4) is 0 Å². The first kappa shape index (κ1) is 12.5. The van der Waals surface area contributed by atoms with Gasteiger partial charge < -0.3 is 10.8 Å². The van der Waals surface area contributed by atoms with Gasteiger partial charge in [-0.3, -0.25) is 9.88 Å². The minimum Gasteiger partial charge on any atom is -0.395 e. The van der Waals surface area contributed by atoms with E-state index in [9.17, 15) is 5.11 Å². The van der Waals surface area contributed by atoms with Crippen molar-refractivity contribution in [3.8, 4) is 0 Å². The fourth-order valence-electron chi connectivity index (χ4n) is 2.24. The van der Waals surface area contributed by atoms with Crippen molar-refractivity contribution in [1.82, 2.24) is 9.88 Å². The fraction of sp³-hybridized carbons (Fsp3) is 0.615. The van der Waals surface area contributed by atoms with Gasteiger partial charge in [-0.05, 0) is 43.5 Å². The van der Waals surface area contributed by atoms with E-state index in [1.807, 2.05) is 19.2 Å². The number of hydrogen-bond acceptors (Lipinski definition) is 4. The molecule has 1 heterocycles. The van der Waals surface area contributed by atoms with Gasteiger partial charge in [0.15, 0.2) is 0 Å². The molecule has 0 amide bonds. The summed E-state index contributed by atoms with van der Waals surface area (Å²) in [6, 6.07) is 4.13. The third-order valence-corrected chi connectivity index (χ3v) is 3.55. The lowest BCUT2D eigenvalue weighted by Gasteiger charge is -2.31. The van der Waals surface area contributed by atoms with Crippen molar-refractivity contribution in [1.29, 1.82) is 0 Å². The highest BCUT2D eigenvalue weighted by molar-refractivity contribution is 5.09. The van der Waals surface area contributed by atoms with E-state index >= 15 is 0 Å². The van der Waals surface area contributed by atoms with Gasteiger partial charge in [0, 0.05) is 31.0 Å². The summed E-state index contributed by atoms with van der Waals surface area (Å²) in [6.07, 6.45) is 6.00. The number of aliphatic hydroxyl groups excluding tert-OH is 1. The van der Waals surface area contributed by atoms with Gasteiger partial charge in [0.1, 0.15) is 0 Å². The first-order valence-corrected chi connectivity index (χ1v) is 6.18. The van der Waals surface area contributed by atoms with Crippen LogP contribution in [0.1, 0.15) is 18.4 Å². The van der Waals surface area contributed by atoms with Crippen molar-refractivity contribution in [2.75, 3.05) is 13.7 Å². The van der Waals surface area contributed by atoms with Crippen molar-refractivity contribution in [2.24, 2.45) is 11.7 Å². The fourth-order valence-corrected chi connectivity index (χ4v) is 2.24. The SMILES string of the molecule is CN(Cc1ccncc1)C(CO)C(N)C1CC1. The van der Waals surface area contributed by atoms with E-state index in [1.54, 1.807) is 12.4 Å². The summed E-state index contributed by atoms with van der Waals surface area (Å²) in [6.45, 7) is 0.924. The highest BCUT2D eigenvalue weighted by Gasteiger charge is 2.35. The summed E-state index contributed by atoms with van der Waals surface area (Å²) >= 11 is 0. The molecule has 4 heteroatoms. The van der Waals surface area contributed by atoms with Gasteiger partial charge in [0.05, 0.1) is 6.61 Å². The highest BCUT2D eigenvalue weighted by Crippen LogP contribution is 2.33. The molecular formula is C13H21N3O. The zero-order chi connectivity index (χ0) is 12.3. The predicted octanol–water partition coefficient (Wildman–Crippen LogP) is 0.612. The molecule has 0 spiro atoms.